The predicted molar refractivity (Wildman–Crippen MR) is 76.4 cm³/mol. The van der Waals surface area contributed by atoms with Gasteiger partial charge in [-0.3, -0.25) is 9.89 Å². The summed E-state index contributed by atoms with van der Waals surface area (Å²) in [6.45, 7) is 2.33. The molecule has 3 N–H and O–H groups in total. The number of likely N-dealkylation sites (N-methyl/N-ethyl adjacent to an activating group) is 1. The Morgan fingerprint density at radius 3 is 2.89 bits per heavy atom. The zero-order chi connectivity index (χ0) is 12.3. The van der Waals surface area contributed by atoms with Crippen LogP contribution in [0.3, 0.4) is 0 Å². The highest BCUT2D eigenvalue weighted by atomic mass is 35.5. The van der Waals surface area contributed by atoms with Crippen LogP contribution >= 0.6 is 23.7 Å². The van der Waals surface area contributed by atoms with Crippen molar-refractivity contribution in [3.05, 3.63) is 23.1 Å². The van der Waals surface area contributed by atoms with Crippen molar-refractivity contribution in [2.75, 3.05) is 18.9 Å². The molecule has 5 nitrogen and oxygen atoms in total. The van der Waals surface area contributed by atoms with Crippen LogP contribution in [0.15, 0.2) is 18.2 Å². The van der Waals surface area contributed by atoms with E-state index in [2.05, 4.69) is 33.8 Å². The molecular formula is C11H15ClN4OS. The molecular weight excluding hydrogens is 272 g/mol. The van der Waals surface area contributed by atoms with Crippen LogP contribution in [-0.4, -0.2) is 29.7 Å². The second-order valence-electron chi connectivity index (χ2n) is 3.66. The van der Waals surface area contributed by atoms with Crippen LogP contribution in [0.4, 0.5) is 5.82 Å². The summed E-state index contributed by atoms with van der Waals surface area (Å²) in [7, 11) is 1.73. The van der Waals surface area contributed by atoms with E-state index in [9.17, 15) is 4.79 Å². The molecule has 0 bridgehead atoms. The molecule has 18 heavy (non-hydrogen) atoms. The number of aryl methyl sites for hydroxylation is 1. The highest BCUT2D eigenvalue weighted by Crippen LogP contribution is 2.27. The van der Waals surface area contributed by atoms with Crippen molar-refractivity contribution in [1.29, 1.82) is 0 Å². The van der Waals surface area contributed by atoms with Gasteiger partial charge in [0.05, 0.1) is 17.1 Å². The molecule has 0 saturated carbocycles. The second kappa shape index (κ2) is 6.53. The van der Waals surface area contributed by atoms with Crippen LogP contribution < -0.4 is 10.6 Å². The predicted octanol–water partition coefficient (Wildman–Crippen LogP) is 2.03. The topological polar surface area (TPSA) is 69.8 Å². The molecule has 0 radical (unpaired) electrons. The number of aromatic nitrogens is 2. The monoisotopic (exact) mass is 286 g/mol. The quantitative estimate of drug-likeness (QED) is 0.805. The van der Waals surface area contributed by atoms with E-state index in [1.165, 1.54) is 4.88 Å². The van der Waals surface area contributed by atoms with E-state index in [1.807, 2.05) is 12.1 Å². The number of carbonyl (C=O) groups excluding carboxylic acids is 1. The van der Waals surface area contributed by atoms with Gasteiger partial charge in [-0.2, -0.15) is 5.10 Å². The van der Waals surface area contributed by atoms with Gasteiger partial charge in [0.1, 0.15) is 0 Å². The van der Waals surface area contributed by atoms with E-state index in [0.717, 1.165) is 10.6 Å². The molecule has 98 valence electrons. The lowest BCUT2D eigenvalue weighted by atomic mass is 10.3. The molecule has 0 unspecified atom stereocenters. The molecule has 2 heterocycles. The van der Waals surface area contributed by atoms with Crippen molar-refractivity contribution in [2.45, 2.75) is 6.92 Å². The molecule has 0 aliphatic rings. The van der Waals surface area contributed by atoms with Gasteiger partial charge < -0.3 is 10.6 Å². The van der Waals surface area contributed by atoms with Gasteiger partial charge in [0, 0.05) is 10.9 Å². The van der Waals surface area contributed by atoms with Crippen molar-refractivity contribution >= 4 is 35.5 Å². The van der Waals surface area contributed by atoms with E-state index >= 15 is 0 Å². The van der Waals surface area contributed by atoms with E-state index in [-0.39, 0.29) is 24.9 Å². The second-order valence-corrected chi connectivity index (χ2v) is 4.94. The van der Waals surface area contributed by atoms with Crippen molar-refractivity contribution in [3.8, 4) is 10.6 Å². The molecule has 7 heteroatoms. The number of hydrogen-bond acceptors (Lipinski definition) is 4. The number of amides is 1. The van der Waals surface area contributed by atoms with Crippen LogP contribution in [0.2, 0.25) is 0 Å². The largest absolute Gasteiger partial charge is 0.311 e. The summed E-state index contributed by atoms with van der Waals surface area (Å²) in [6, 6.07) is 5.92. The number of nitrogens with zero attached hydrogens (tertiary/aromatic N) is 1. The highest BCUT2D eigenvalue weighted by molar-refractivity contribution is 7.15. The minimum Gasteiger partial charge on any atom is -0.311 e. The Morgan fingerprint density at radius 2 is 2.28 bits per heavy atom. The average molecular weight is 287 g/mol. The van der Waals surface area contributed by atoms with Crippen LogP contribution in [-0.2, 0) is 4.79 Å². The number of halogens is 1. The van der Waals surface area contributed by atoms with Crippen molar-refractivity contribution < 1.29 is 4.79 Å². The molecule has 2 aromatic rings. The fourth-order valence-corrected chi connectivity index (χ4v) is 2.27. The molecule has 0 fully saturated rings. The lowest BCUT2D eigenvalue weighted by Crippen LogP contribution is -2.25. The molecule has 2 aromatic heterocycles. The van der Waals surface area contributed by atoms with Crippen LogP contribution in [0, 0.1) is 6.92 Å². The van der Waals surface area contributed by atoms with Gasteiger partial charge in [-0.05, 0) is 26.1 Å². The summed E-state index contributed by atoms with van der Waals surface area (Å²) in [5.41, 5.74) is 0.919. The van der Waals surface area contributed by atoms with E-state index < -0.39 is 0 Å². The number of nitrogens with one attached hydrogen (secondary N) is 3. The zero-order valence-electron chi connectivity index (χ0n) is 10.1. The van der Waals surface area contributed by atoms with E-state index in [4.69, 9.17) is 0 Å². The third kappa shape index (κ3) is 3.56. The van der Waals surface area contributed by atoms with Gasteiger partial charge in [0.2, 0.25) is 5.91 Å². The first kappa shape index (κ1) is 14.7. The Hall–Kier alpha value is -1.37. The first-order chi connectivity index (χ1) is 8.19. The number of carbonyl (C=O) groups is 1. The number of H-pyrrole nitrogens is 1. The fraction of sp³-hybridized carbons (Fsp3) is 0.273. The van der Waals surface area contributed by atoms with Gasteiger partial charge in [0.25, 0.3) is 0 Å². The summed E-state index contributed by atoms with van der Waals surface area (Å²) in [6.07, 6.45) is 0. The van der Waals surface area contributed by atoms with Crippen molar-refractivity contribution in [2.24, 2.45) is 0 Å². The molecule has 0 aliphatic carbocycles. The Morgan fingerprint density at radius 1 is 1.50 bits per heavy atom. The van der Waals surface area contributed by atoms with Crippen LogP contribution in [0.5, 0.6) is 0 Å². The van der Waals surface area contributed by atoms with E-state index in [0.29, 0.717) is 5.82 Å². The molecule has 0 aromatic carbocycles. The minimum atomic E-state index is -0.104. The smallest absolute Gasteiger partial charge is 0.239 e. The zero-order valence-corrected chi connectivity index (χ0v) is 11.7. The summed E-state index contributed by atoms with van der Waals surface area (Å²) in [5, 5.41) is 12.4. The first-order valence-electron chi connectivity index (χ1n) is 5.25. The summed E-state index contributed by atoms with van der Waals surface area (Å²) >= 11 is 1.69. The van der Waals surface area contributed by atoms with Gasteiger partial charge in [-0.25, -0.2) is 0 Å². The summed E-state index contributed by atoms with van der Waals surface area (Å²) in [4.78, 5) is 13.7. The standard InChI is InChI=1S/C11H14N4OS.ClH/c1-7-3-4-9(17-7)8-5-10(15-14-8)13-11(16)6-12-2;/h3-5,12H,6H2,1-2H3,(H2,13,14,15,16);1H. The molecule has 2 rings (SSSR count). The van der Waals surface area contributed by atoms with Crippen molar-refractivity contribution in [1.82, 2.24) is 15.5 Å². The third-order valence-electron chi connectivity index (χ3n) is 2.19. The van der Waals surface area contributed by atoms with Crippen molar-refractivity contribution in [3.63, 3.8) is 0 Å². The molecule has 0 aliphatic heterocycles. The van der Waals surface area contributed by atoms with Crippen LogP contribution in [0.25, 0.3) is 10.6 Å². The Kier molecular flexibility index (Phi) is 5.33. The molecule has 1 amide bonds. The number of hydrogen-bond donors (Lipinski definition) is 3. The first-order valence-corrected chi connectivity index (χ1v) is 6.07. The maximum Gasteiger partial charge on any atom is 0.239 e. The molecule has 0 saturated heterocycles. The van der Waals surface area contributed by atoms with Gasteiger partial charge >= 0.3 is 0 Å². The maximum absolute atomic E-state index is 11.3. The van der Waals surface area contributed by atoms with Gasteiger partial charge in [0.15, 0.2) is 5.82 Å². The number of rotatable bonds is 4. The SMILES string of the molecule is CNCC(=O)Nc1cc(-c2ccc(C)s2)[nH]n1.Cl. The molecule has 0 spiro atoms. The van der Waals surface area contributed by atoms with Crippen LogP contribution in [0.1, 0.15) is 4.88 Å². The van der Waals surface area contributed by atoms with Gasteiger partial charge in [-0.1, -0.05) is 0 Å². The highest BCUT2D eigenvalue weighted by Gasteiger charge is 2.07. The lowest BCUT2D eigenvalue weighted by Gasteiger charge is -1.98. The van der Waals surface area contributed by atoms with E-state index in [1.54, 1.807) is 18.4 Å². The Bertz CT molecular complexity index is 523. The summed E-state index contributed by atoms with van der Waals surface area (Å²) < 4.78 is 0. The number of aromatic amines is 1. The Labute approximate surface area is 115 Å². The average Bonchev–Trinajstić information content (AvgIpc) is 2.87. The maximum atomic E-state index is 11.3. The molecule has 0 atom stereocenters. The normalized spacial score (nSPS) is 9.89. The number of anilines is 1. The van der Waals surface area contributed by atoms with Gasteiger partial charge in [-0.15, -0.1) is 23.7 Å². The Balaban J connectivity index is 0.00000162. The summed E-state index contributed by atoms with van der Waals surface area (Å²) in [5.74, 6) is 0.444. The lowest BCUT2D eigenvalue weighted by molar-refractivity contribution is -0.115. The minimum absolute atomic E-state index is 0. The fourth-order valence-electron chi connectivity index (χ4n) is 1.44. The third-order valence-corrected chi connectivity index (χ3v) is 3.22. The number of thiophene rings is 1.